The van der Waals surface area contributed by atoms with Crippen molar-refractivity contribution < 1.29 is 28.7 Å². The largest absolute Gasteiger partial charge is 0.488 e. The third-order valence-electron chi connectivity index (χ3n) is 8.01. The van der Waals surface area contributed by atoms with Crippen molar-refractivity contribution in [2.75, 3.05) is 46.4 Å². The number of carbonyl (C=O) groups excluding carboxylic acids is 2. The van der Waals surface area contributed by atoms with E-state index in [2.05, 4.69) is 20.9 Å². The summed E-state index contributed by atoms with van der Waals surface area (Å²) in [7, 11) is 2.18. The molecule has 228 valence electrons. The van der Waals surface area contributed by atoms with E-state index in [9.17, 15) is 29.8 Å². The highest BCUT2D eigenvalue weighted by atomic mass is 16.6. The summed E-state index contributed by atoms with van der Waals surface area (Å²) in [6.45, 7) is 7.80. The molecule has 1 aliphatic rings. The minimum absolute atomic E-state index is 0.0367. The fraction of sp³-hybridized carbons (Fsp3) is 0.273. The average Bonchev–Trinajstić information content (AvgIpc) is 3.03. The maximum Gasteiger partial charge on any atom is 0.269 e. The first-order valence-electron chi connectivity index (χ1n) is 14.3. The Morgan fingerprint density at radius 2 is 1.27 bits per heavy atom. The summed E-state index contributed by atoms with van der Waals surface area (Å²) < 4.78 is 6.82. The number of non-ortho nitro benzene ring substituents is 2. The molecule has 3 aromatic carbocycles. The molecule has 1 aliphatic heterocycles. The summed E-state index contributed by atoms with van der Waals surface area (Å²) >= 11 is 0. The number of carbonyl (C=O) groups is 2. The Morgan fingerprint density at radius 3 is 1.68 bits per heavy atom. The molecule has 0 bridgehead atoms. The van der Waals surface area contributed by atoms with Crippen LogP contribution in [0, 0.1) is 20.2 Å². The van der Waals surface area contributed by atoms with Gasteiger partial charge in [0.15, 0.2) is 5.78 Å². The number of nitrogens with zero attached hydrogens (tertiary/aromatic N) is 4. The fourth-order valence-electron chi connectivity index (χ4n) is 4.77. The van der Waals surface area contributed by atoms with Crippen LogP contribution in [0.5, 0.6) is 5.75 Å². The maximum atomic E-state index is 13.6. The van der Waals surface area contributed by atoms with E-state index in [1.807, 2.05) is 0 Å². The molecule has 0 radical (unpaired) electrons. The van der Waals surface area contributed by atoms with E-state index in [1.165, 1.54) is 24.3 Å². The van der Waals surface area contributed by atoms with Gasteiger partial charge in [0.2, 0.25) is 0 Å². The lowest BCUT2D eigenvalue weighted by molar-refractivity contribution is -0.906. The van der Waals surface area contributed by atoms with Gasteiger partial charge < -0.3 is 14.1 Å². The number of nitro benzene ring substituents is 2. The Labute approximate surface area is 255 Å². The van der Waals surface area contributed by atoms with Gasteiger partial charge in [0.25, 0.3) is 17.3 Å². The molecule has 0 atom stereocenters. The van der Waals surface area contributed by atoms with Crippen molar-refractivity contribution in [2.45, 2.75) is 13.8 Å². The normalized spacial score (nSPS) is 15.4. The predicted octanol–water partition coefficient (Wildman–Crippen LogP) is 5.56. The molecule has 1 amide bonds. The third-order valence-corrected chi connectivity index (χ3v) is 8.01. The molecule has 0 unspecified atom stereocenters. The highest BCUT2D eigenvalue weighted by molar-refractivity contribution is 6.15. The molecule has 1 heterocycles. The zero-order valence-electron chi connectivity index (χ0n) is 25.0. The number of ether oxygens (including phenoxy) is 1. The van der Waals surface area contributed by atoms with E-state index in [4.69, 9.17) is 4.74 Å². The molecule has 1 saturated heterocycles. The van der Waals surface area contributed by atoms with Gasteiger partial charge in [-0.15, -0.1) is 0 Å². The van der Waals surface area contributed by atoms with Crippen LogP contribution in [0.2, 0.25) is 0 Å². The lowest BCUT2D eigenvalue weighted by Crippen LogP contribution is -2.46. The second kappa shape index (κ2) is 13.9. The molecule has 0 saturated carbocycles. The fourth-order valence-corrected chi connectivity index (χ4v) is 4.77. The highest BCUT2D eigenvalue weighted by Gasteiger charge is 2.30. The lowest BCUT2D eigenvalue weighted by atomic mass is 9.93. The SMILES string of the molecule is CC[N+](C)(CC)CCOc1ccc(C(=O)N2C/C(=C\c3ccc([N+](=O)[O-])cc3)C(=O)/C(=C/c3ccc([N+](=O)[O-])cc3)C2)cc1. The molecule has 0 N–H and O–H groups in total. The first-order valence-corrected chi connectivity index (χ1v) is 14.3. The van der Waals surface area contributed by atoms with Gasteiger partial charge in [0.1, 0.15) is 18.9 Å². The molecular formula is C33H35N4O7+. The zero-order chi connectivity index (χ0) is 31.9. The maximum absolute atomic E-state index is 13.6. The van der Waals surface area contributed by atoms with Crippen LogP contribution in [0.25, 0.3) is 12.2 Å². The van der Waals surface area contributed by atoms with E-state index < -0.39 is 9.85 Å². The van der Waals surface area contributed by atoms with Crippen molar-refractivity contribution >= 4 is 35.2 Å². The van der Waals surface area contributed by atoms with E-state index in [0.29, 0.717) is 40.2 Å². The van der Waals surface area contributed by atoms with Crippen LogP contribution in [0.15, 0.2) is 83.9 Å². The van der Waals surface area contributed by atoms with Crippen LogP contribution in [0.4, 0.5) is 11.4 Å². The van der Waals surface area contributed by atoms with Gasteiger partial charge in [0, 0.05) is 41.0 Å². The second-order valence-corrected chi connectivity index (χ2v) is 10.9. The minimum atomic E-state index is -0.503. The van der Waals surface area contributed by atoms with E-state index in [1.54, 1.807) is 65.6 Å². The summed E-state index contributed by atoms with van der Waals surface area (Å²) in [5, 5.41) is 22.1. The Bertz CT molecular complexity index is 1510. The summed E-state index contributed by atoms with van der Waals surface area (Å²) in [5.74, 6) is 0.0974. The number of hydrogen-bond acceptors (Lipinski definition) is 7. The van der Waals surface area contributed by atoms with E-state index in [-0.39, 0.29) is 36.2 Å². The summed E-state index contributed by atoms with van der Waals surface area (Å²) in [4.78, 5) is 49.8. The first-order chi connectivity index (χ1) is 21.0. The smallest absolute Gasteiger partial charge is 0.269 e. The van der Waals surface area contributed by atoms with Gasteiger partial charge >= 0.3 is 0 Å². The Balaban J connectivity index is 1.58. The number of hydrogen-bond donors (Lipinski definition) is 0. The Morgan fingerprint density at radius 1 is 0.818 bits per heavy atom. The topological polar surface area (TPSA) is 133 Å². The lowest BCUT2D eigenvalue weighted by Gasteiger charge is -2.31. The molecule has 0 aromatic heterocycles. The molecule has 0 aliphatic carbocycles. The number of likely N-dealkylation sites (N-methyl/N-ethyl adjacent to an activating group) is 1. The third kappa shape index (κ3) is 7.81. The quantitative estimate of drug-likeness (QED) is 0.122. The molecule has 0 spiro atoms. The van der Waals surface area contributed by atoms with Crippen molar-refractivity contribution in [1.82, 2.24) is 4.90 Å². The van der Waals surface area contributed by atoms with E-state index in [0.717, 1.165) is 24.1 Å². The van der Waals surface area contributed by atoms with Crippen LogP contribution in [0.3, 0.4) is 0 Å². The standard InChI is InChI=1S/C33H35N4O7/c1-4-37(3,5-2)18-19-44-31-16-10-26(11-17-31)33(39)34-22-27(20-24-6-12-29(13-7-24)35(40)41)32(38)28(23-34)21-25-8-14-30(15-9-25)36(42)43/h6-17,20-21H,4-5,18-19,22-23H2,1-3H3/q+1/b27-20+,28-21+. The number of quaternary nitrogens is 1. The van der Waals surface area contributed by atoms with Crippen molar-refractivity contribution in [2.24, 2.45) is 0 Å². The second-order valence-electron chi connectivity index (χ2n) is 10.9. The van der Waals surface area contributed by atoms with Gasteiger partial charge in [-0.1, -0.05) is 0 Å². The number of likely N-dealkylation sites (tertiary alicyclic amines) is 1. The van der Waals surface area contributed by atoms with Crippen LogP contribution >= 0.6 is 0 Å². The van der Waals surface area contributed by atoms with Gasteiger partial charge in [-0.3, -0.25) is 29.8 Å². The number of piperidine rings is 1. The molecule has 11 nitrogen and oxygen atoms in total. The summed E-state index contributed by atoms with van der Waals surface area (Å²) in [6.07, 6.45) is 3.23. The van der Waals surface area contributed by atoms with E-state index >= 15 is 0 Å². The molecule has 4 rings (SSSR count). The van der Waals surface area contributed by atoms with Crippen molar-refractivity contribution in [3.8, 4) is 5.75 Å². The van der Waals surface area contributed by atoms with Crippen molar-refractivity contribution in [1.29, 1.82) is 0 Å². The Kier molecular flexibility index (Phi) is 10.0. The summed E-state index contributed by atoms with van der Waals surface area (Å²) in [6, 6.07) is 18.5. The minimum Gasteiger partial charge on any atom is -0.488 e. The van der Waals surface area contributed by atoms with Gasteiger partial charge in [-0.25, -0.2) is 0 Å². The number of ketones is 1. The molecule has 11 heteroatoms. The van der Waals surface area contributed by atoms with Gasteiger partial charge in [0.05, 0.1) is 43.1 Å². The predicted molar refractivity (Wildman–Crippen MR) is 167 cm³/mol. The van der Waals surface area contributed by atoms with Crippen molar-refractivity contribution in [3.63, 3.8) is 0 Å². The van der Waals surface area contributed by atoms with Gasteiger partial charge in [-0.2, -0.15) is 0 Å². The zero-order valence-corrected chi connectivity index (χ0v) is 25.0. The number of benzene rings is 3. The number of rotatable bonds is 11. The Hall–Kier alpha value is -5.16. The summed E-state index contributed by atoms with van der Waals surface area (Å²) in [5.41, 5.74) is 2.09. The first kappa shape index (κ1) is 31.8. The molecule has 44 heavy (non-hydrogen) atoms. The van der Waals surface area contributed by atoms with Crippen LogP contribution in [-0.4, -0.2) is 77.3 Å². The van der Waals surface area contributed by atoms with Crippen LogP contribution in [-0.2, 0) is 4.79 Å². The van der Waals surface area contributed by atoms with Crippen molar-refractivity contribution in [3.05, 3.63) is 121 Å². The highest BCUT2D eigenvalue weighted by Crippen LogP contribution is 2.26. The number of nitro groups is 2. The van der Waals surface area contributed by atoms with Gasteiger partial charge in [-0.05, 0) is 85.7 Å². The molecule has 1 fully saturated rings. The average molecular weight is 600 g/mol. The number of Topliss-reactive ketones (excluding diaryl/α,β-unsaturated/α-hetero) is 1. The molecular weight excluding hydrogens is 564 g/mol. The number of amides is 1. The van der Waals surface area contributed by atoms with Crippen LogP contribution in [0.1, 0.15) is 35.3 Å². The monoisotopic (exact) mass is 599 g/mol. The molecule has 3 aromatic rings. The van der Waals surface area contributed by atoms with Crippen LogP contribution < -0.4 is 4.74 Å².